The molecule has 0 aliphatic carbocycles. The van der Waals surface area contributed by atoms with Crippen molar-refractivity contribution in [3.63, 3.8) is 0 Å². The highest BCUT2D eigenvalue weighted by Crippen LogP contribution is 2.31. The first kappa shape index (κ1) is 30.2. The number of likely N-dealkylation sites (tertiary alicyclic amines) is 1. The molecule has 1 aliphatic heterocycles. The Kier molecular flexibility index (Phi) is 8.32. The highest BCUT2D eigenvalue weighted by molar-refractivity contribution is 7.88. The maximum absolute atomic E-state index is 14.4. The normalized spacial score (nSPS) is 17.6. The summed E-state index contributed by atoms with van der Waals surface area (Å²) >= 11 is 5.74. The fraction of sp³-hybridized carbons (Fsp3) is 0.320. The van der Waals surface area contributed by atoms with Crippen molar-refractivity contribution in [2.45, 2.75) is 44.2 Å². The number of carbonyl (C=O) groups excluding carboxylic acids is 3. The van der Waals surface area contributed by atoms with Gasteiger partial charge in [0.15, 0.2) is 5.78 Å². The first-order valence-corrected chi connectivity index (χ1v) is 13.7. The lowest BCUT2D eigenvalue weighted by Gasteiger charge is -2.24. The van der Waals surface area contributed by atoms with E-state index in [-0.39, 0.29) is 40.0 Å². The zero-order valence-corrected chi connectivity index (χ0v) is 22.6. The molecule has 1 N–H and O–H groups in total. The third-order valence-electron chi connectivity index (χ3n) is 6.39. The average Bonchev–Trinajstić information content (AvgIpc) is 3.44. The number of nitrogens with one attached hydrogen (secondary N) is 1. The van der Waals surface area contributed by atoms with Crippen LogP contribution in [-0.2, 0) is 32.8 Å². The van der Waals surface area contributed by atoms with E-state index in [4.69, 9.17) is 11.6 Å². The van der Waals surface area contributed by atoms with Crippen LogP contribution in [0, 0.1) is 5.82 Å². The zero-order chi connectivity index (χ0) is 30.3. The van der Waals surface area contributed by atoms with Crippen LogP contribution >= 0.6 is 11.6 Å². The third-order valence-corrected chi connectivity index (χ3v) is 7.66. The quantitative estimate of drug-likeness (QED) is 0.175. The zero-order valence-electron chi connectivity index (χ0n) is 21.0. The van der Waals surface area contributed by atoms with E-state index in [1.165, 1.54) is 31.3 Å². The Bertz CT molecular complexity index is 1640. The van der Waals surface area contributed by atoms with E-state index in [1.807, 2.05) is 0 Å². The number of fused-ring (bicyclic) bond motifs is 1. The largest absolute Gasteiger partial charge is 0.534 e. The molecule has 1 fully saturated rings. The van der Waals surface area contributed by atoms with Crippen LogP contribution < -0.4 is 9.50 Å². The van der Waals surface area contributed by atoms with Gasteiger partial charge in [-0.3, -0.25) is 14.4 Å². The lowest BCUT2D eigenvalue weighted by atomic mass is 10.1. The molecule has 2 aromatic carbocycles. The first-order chi connectivity index (χ1) is 19.1. The molecule has 41 heavy (non-hydrogen) atoms. The molecule has 4 rings (SSSR count). The molecule has 220 valence electrons. The van der Waals surface area contributed by atoms with Crippen LogP contribution in [0.15, 0.2) is 42.6 Å². The maximum Gasteiger partial charge on any atom is 0.534 e. The number of benzene rings is 2. The molecule has 0 spiro atoms. The molecule has 3 aromatic rings. The Morgan fingerprint density at radius 3 is 2.54 bits per heavy atom. The molecule has 1 aliphatic rings. The van der Waals surface area contributed by atoms with Crippen molar-refractivity contribution in [1.82, 2.24) is 14.8 Å². The predicted octanol–water partition coefficient (Wildman–Crippen LogP) is 4.12. The number of ketones is 1. The van der Waals surface area contributed by atoms with Gasteiger partial charge in [-0.15, -0.1) is 0 Å². The van der Waals surface area contributed by atoms with Crippen LogP contribution in [0.3, 0.4) is 0 Å². The number of carbonyl (C=O) groups is 3. The standard InChI is InChI=1S/C25H21ClF5N3O6S/c1-13(35)18-11-33(20-8-16(5-6-17(18)20)40-41(38,39)25(29,30)31)12-22(36)34-10-15(27)7-21(34)24(37)32-9-14-3-2-4-19(26)23(14)28/h2-6,8,11,15,21H,7,9-10,12H2,1H3,(H,32,37)/t15-,21+/m1/s1. The van der Waals surface area contributed by atoms with Gasteiger partial charge in [0, 0.05) is 41.7 Å². The number of nitrogens with zero attached hydrogens (tertiary/aromatic N) is 2. The lowest BCUT2D eigenvalue weighted by molar-refractivity contribution is -0.139. The molecular formula is C25H21ClF5N3O6S. The summed E-state index contributed by atoms with van der Waals surface area (Å²) in [6, 6.07) is 5.91. The number of halogens is 6. The van der Waals surface area contributed by atoms with Crippen LogP contribution in [-0.4, -0.2) is 59.7 Å². The minimum Gasteiger partial charge on any atom is -0.376 e. The lowest BCUT2D eigenvalue weighted by Crippen LogP contribution is -2.46. The van der Waals surface area contributed by atoms with Crippen LogP contribution in [0.25, 0.3) is 10.9 Å². The van der Waals surface area contributed by atoms with Gasteiger partial charge in [0.25, 0.3) is 0 Å². The van der Waals surface area contributed by atoms with E-state index >= 15 is 0 Å². The number of aromatic nitrogens is 1. The van der Waals surface area contributed by atoms with Gasteiger partial charge in [-0.25, -0.2) is 8.78 Å². The fourth-order valence-corrected chi connectivity index (χ4v) is 5.09. The van der Waals surface area contributed by atoms with Gasteiger partial charge in [-0.2, -0.15) is 21.6 Å². The second-order valence-electron chi connectivity index (χ2n) is 9.21. The summed E-state index contributed by atoms with van der Waals surface area (Å²) in [6.07, 6.45) is -0.666. The second-order valence-corrected chi connectivity index (χ2v) is 11.2. The van der Waals surface area contributed by atoms with Gasteiger partial charge in [-0.1, -0.05) is 23.7 Å². The maximum atomic E-state index is 14.4. The highest BCUT2D eigenvalue weighted by atomic mass is 35.5. The van der Waals surface area contributed by atoms with Crippen molar-refractivity contribution in [3.8, 4) is 5.75 Å². The number of rotatable bonds is 8. The number of amides is 2. The van der Waals surface area contributed by atoms with Gasteiger partial charge in [0.1, 0.15) is 30.3 Å². The third kappa shape index (κ3) is 6.30. The minimum atomic E-state index is -6.00. The molecule has 0 radical (unpaired) electrons. The van der Waals surface area contributed by atoms with Crippen LogP contribution in [0.2, 0.25) is 5.02 Å². The fourth-order valence-electron chi connectivity index (χ4n) is 4.44. The van der Waals surface area contributed by atoms with Gasteiger partial charge in [0.05, 0.1) is 17.1 Å². The van der Waals surface area contributed by atoms with Gasteiger partial charge < -0.3 is 19.0 Å². The SMILES string of the molecule is CC(=O)c1cn(CC(=O)N2C[C@H](F)C[C@H]2C(=O)NCc2cccc(Cl)c2F)c2cc(OS(=O)(=O)C(F)(F)F)ccc12. The molecule has 2 heterocycles. The van der Waals surface area contributed by atoms with E-state index in [0.717, 1.165) is 27.7 Å². The summed E-state index contributed by atoms with van der Waals surface area (Å²) < 4.78 is 95.1. The van der Waals surface area contributed by atoms with Crippen LogP contribution in [0.5, 0.6) is 5.75 Å². The Labute approximate surface area is 234 Å². The summed E-state index contributed by atoms with van der Waals surface area (Å²) in [4.78, 5) is 39.2. The molecule has 1 saturated heterocycles. The Morgan fingerprint density at radius 2 is 1.88 bits per heavy atom. The Balaban J connectivity index is 1.58. The monoisotopic (exact) mass is 621 g/mol. The molecule has 2 atom stereocenters. The summed E-state index contributed by atoms with van der Waals surface area (Å²) in [7, 11) is -6.00. The average molecular weight is 622 g/mol. The predicted molar refractivity (Wildman–Crippen MR) is 136 cm³/mol. The minimum absolute atomic E-state index is 0.0214. The van der Waals surface area contributed by atoms with Gasteiger partial charge in [0.2, 0.25) is 11.8 Å². The molecule has 1 aromatic heterocycles. The summed E-state index contributed by atoms with van der Waals surface area (Å²) in [5.41, 5.74) is -5.58. The molecule has 2 amide bonds. The summed E-state index contributed by atoms with van der Waals surface area (Å²) in [5, 5.41) is 2.48. The molecular weight excluding hydrogens is 601 g/mol. The highest BCUT2D eigenvalue weighted by Gasteiger charge is 2.48. The number of Topliss-reactive ketones (excluding diaryl/α,β-unsaturated/α-hetero) is 1. The van der Waals surface area contributed by atoms with Crippen molar-refractivity contribution in [1.29, 1.82) is 0 Å². The van der Waals surface area contributed by atoms with E-state index in [9.17, 15) is 44.8 Å². The van der Waals surface area contributed by atoms with Crippen molar-refractivity contribution >= 4 is 50.2 Å². The summed E-state index contributed by atoms with van der Waals surface area (Å²) in [6.45, 7) is -0.108. The summed E-state index contributed by atoms with van der Waals surface area (Å²) in [5.74, 6) is -3.47. The van der Waals surface area contributed by atoms with E-state index < -0.39 is 70.1 Å². The molecule has 16 heteroatoms. The number of alkyl halides is 4. The molecule has 0 saturated carbocycles. The Hall–Kier alpha value is -3.72. The number of hydrogen-bond acceptors (Lipinski definition) is 6. The van der Waals surface area contributed by atoms with Gasteiger partial charge >= 0.3 is 15.6 Å². The van der Waals surface area contributed by atoms with Crippen molar-refractivity contribution < 1.29 is 48.9 Å². The van der Waals surface area contributed by atoms with E-state index in [0.29, 0.717) is 0 Å². The topological polar surface area (TPSA) is 115 Å². The second kappa shape index (κ2) is 11.3. The van der Waals surface area contributed by atoms with Crippen molar-refractivity contribution in [2.75, 3.05) is 6.54 Å². The molecule has 0 bridgehead atoms. The first-order valence-electron chi connectivity index (χ1n) is 11.9. The molecule has 0 unspecified atom stereocenters. The van der Waals surface area contributed by atoms with Crippen LogP contribution in [0.1, 0.15) is 29.3 Å². The smallest absolute Gasteiger partial charge is 0.376 e. The van der Waals surface area contributed by atoms with Crippen molar-refractivity contribution in [2.24, 2.45) is 0 Å². The number of hydrogen-bond donors (Lipinski definition) is 1. The van der Waals surface area contributed by atoms with E-state index in [2.05, 4.69) is 9.50 Å². The van der Waals surface area contributed by atoms with Crippen LogP contribution in [0.4, 0.5) is 22.0 Å². The van der Waals surface area contributed by atoms with Gasteiger partial charge in [-0.05, 0) is 25.1 Å². The van der Waals surface area contributed by atoms with E-state index in [1.54, 1.807) is 0 Å². The molecule has 9 nitrogen and oxygen atoms in total. The van der Waals surface area contributed by atoms with Crippen molar-refractivity contribution in [3.05, 3.63) is 64.6 Å². The Morgan fingerprint density at radius 1 is 1.17 bits per heavy atom.